The minimum absolute atomic E-state index is 0.169. The van der Waals surface area contributed by atoms with E-state index in [9.17, 15) is 14.4 Å². The van der Waals surface area contributed by atoms with E-state index < -0.39 is 40.8 Å². The van der Waals surface area contributed by atoms with Crippen molar-refractivity contribution >= 4 is 17.9 Å². The van der Waals surface area contributed by atoms with Gasteiger partial charge in [-0.25, -0.2) is 4.79 Å². The van der Waals surface area contributed by atoms with Crippen LogP contribution in [-0.4, -0.2) is 40.8 Å². The summed E-state index contributed by atoms with van der Waals surface area (Å²) in [5.41, 5.74) is -0.768. The van der Waals surface area contributed by atoms with Crippen LogP contribution in [0.25, 0.3) is 0 Å². The monoisotopic (exact) mass is 435 g/mol. The number of hydrogen-bond acceptors (Lipinski definition) is 7. The molecule has 1 aromatic carbocycles. The number of nitrogens with one attached hydrogen (secondary N) is 1. The average Bonchev–Trinajstić information content (AvgIpc) is 2.54. The first-order valence-corrected chi connectivity index (χ1v) is 10.5. The highest BCUT2D eigenvalue weighted by Gasteiger charge is 2.29. The highest BCUT2D eigenvalue weighted by molar-refractivity contribution is 5.89. The van der Waals surface area contributed by atoms with Gasteiger partial charge < -0.3 is 14.2 Å². The number of carbonyl (C=O) groups is 3. The third kappa shape index (κ3) is 11.5. The van der Waals surface area contributed by atoms with Gasteiger partial charge in [0.05, 0.1) is 12.0 Å². The molecule has 0 radical (unpaired) electrons. The second kappa shape index (κ2) is 10.3. The second-order valence-electron chi connectivity index (χ2n) is 10.5. The van der Waals surface area contributed by atoms with Crippen molar-refractivity contribution < 1.29 is 28.6 Å². The summed E-state index contributed by atoms with van der Waals surface area (Å²) < 4.78 is 16.2. The molecule has 0 spiro atoms. The molecule has 1 aromatic rings. The van der Waals surface area contributed by atoms with E-state index in [0.29, 0.717) is 5.56 Å². The molecule has 1 rings (SSSR count). The van der Waals surface area contributed by atoms with Crippen molar-refractivity contribution in [2.75, 3.05) is 0 Å². The van der Waals surface area contributed by atoms with Gasteiger partial charge in [0, 0.05) is 6.54 Å². The molecule has 1 unspecified atom stereocenters. The van der Waals surface area contributed by atoms with Gasteiger partial charge in [-0.1, -0.05) is 12.1 Å². The van der Waals surface area contributed by atoms with E-state index in [-0.39, 0.29) is 13.0 Å². The Morgan fingerprint density at radius 2 is 1.39 bits per heavy atom. The van der Waals surface area contributed by atoms with Crippen molar-refractivity contribution in [1.82, 2.24) is 5.32 Å². The summed E-state index contributed by atoms with van der Waals surface area (Å²) in [5, 5.41) is 3.06. The Hall–Kier alpha value is -2.41. The molecule has 0 aliphatic carbocycles. The molecule has 1 N–H and O–H groups in total. The molecule has 7 heteroatoms. The molecule has 0 bridgehead atoms. The van der Waals surface area contributed by atoms with Gasteiger partial charge in [0.2, 0.25) is 0 Å². The number of carbonyl (C=O) groups excluding carboxylic acids is 3. The quantitative estimate of drug-likeness (QED) is 0.508. The zero-order chi connectivity index (χ0) is 24.0. The molecule has 0 fully saturated rings. The largest absolute Gasteiger partial charge is 0.460 e. The Balaban J connectivity index is 2.92. The average molecular weight is 436 g/mol. The molecule has 174 valence electrons. The first-order valence-electron chi connectivity index (χ1n) is 10.5. The Morgan fingerprint density at radius 1 is 0.839 bits per heavy atom. The highest BCUT2D eigenvalue weighted by atomic mass is 16.6. The predicted molar refractivity (Wildman–Crippen MR) is 119 cm³/mol. The fourth-order valence-electron chi connectivity index (χ4n) is 2.55. The molecule has 0 heterocycles. The first-order chi connectivity index (χ1) is 14.0. The summed E-state index contributed by atoms with van der Waals surface area (Å²) in [7, 11) is 0. The third-order valence-corrected chi connectivity index (χ3v) is 3.60. The Labute approximate surface area is 185 Å². The summed E-state index contributed by atoms with van der Waals surface area (Å²) in [5.74, 6) is -1.47. The molecule has 1 atom stereocenters. The van der Waals surface area contributed by atoms with Crippen LogP contribution < -0.4 is 5.32 Å². The fourth-order valence-corrected chi connectivity index (χ4v) is 2.55. The van der Waals surface area contributed by atoms with Crippen LogP contribution in [0.15, 0.2) is 24.3 Å². The summed E-state index contributed by atoms with van der Waals surface area (Å²) in [4.78, 5) is 37.3. The van der Waals surface area contributed by atoms with E-state index >= 15 is 0 Å². The fraction of sp³-hybridized carbons (Fsp3) is 0.625. The zero-order valence-corrected chi connectivity index (χ0v) is 20.3. The van der Waals surface area contributed by atoms with Gasteiger partial charge in [-0.2, -0.15) is 0 Å². The molecular formula is C24H37NO6. The van der Waals surface area contributed by atoms with Crippen molar-refractivity contribution in [1.29, 1.82) is 0 Å². The highest BCUT2D eigenvalue weighted by Crippen LogP contribution is 2.16. The van der Waals surface area contributed by atoms with Crippen LogP contribution in [0.5, 0.6) is 0 Å². The maximum atomic E-state index is 12.6. The van der Waals surface area contributed by atoms with Gasteiger partial charge in [0.25, 0.3) is 0 Å². The second-order valence-corrected chi connectivity index (χ2v) is 10.5. The van der Waals surface area contributed by atoms with E-state index in [1.807, 2.05) is 6.07 Å². The van der Waals surface area contributed by atoms with Crippen LogP contribution in [0.3, 0.4) is 0 Å². The van der Waals surface area contributed by atoms with Crippen LogP contribution in [0, 0.1) is 0 Å². The van der Waals surface area contributed by atoms with Crippen LogP contribution in [-0.2, 0) is 30.3 Å². The van der Waals surface area contributed by atoms with Crippen molar-refractivity contribution in [2.45, 2.75) is 98.1 Å². The maximum Gasteiger partial charge on any atom is 0.338 e. The van der Waals surface area contributed by atoms with Crippen LogP contribution in [0.2, 0.25) is 0 Å². The standard InChI is InChI=1S/C24H37NO6/c1-22(2,3)29-19(26)14-18(21(28)31-24(7,8)9)25-15-16-11-10-12-17(13-16)20(27)30-23(4,5)6/h10-13,18,25H,14-15H2,1-9H3. The number of rotatable bonds is 7. The molecule has 0 amide bonds. The van der Waals surface area contributed by atoms with E-state index in [0.717, 1.165) is 5.56 Å². The normalized spacial score (nSPS) is 13.3. The molecule has 7 nitrogen and oxygen atoms in total. The van der Waals surface area contributed by atoms with Crippen molar-refractivity contribution in [3.63, 3.8) is 0 Å². The van der Waals surface area contributed by atoms with Crippen LogP contribution in [0.4, 0.5) is 0 Å². The number of ether oxygens (including phenoxy) is 3. The summed E-state index contributed by atoms with van der Waals surface area (Å²) in [6.07, 6.45) is -0.169. The van der Waals surface area contributed by atoms with Gasteiger partial charge >= 0.3 is 17.9 Å². The number of esters is 3. The van der Waals surface area contributed by atoms with E-state index in [1.165, 1.54) is 0 Å². The van der Waals surface area contributed by atoms with Gasteiger partial charge in [-0.15, -0.1) is 0 Å². The van der Waals surface area contributed by atoms with Gasteiger partial charge in [0.1, 0.15) is 22.8 Å². The topological polar surface area (TPSA) is 90.9 Å². The lowest BCUT2D eigenvalue weighted by Crippen LogP contribution is -2.43. The summed E-state index contributed by atoms with van der Waals surface area (Å²) in [6.45, 7) is 16.3. The molecule has 0 aromatic heterocycles. The minimum atomic E-state index is -0.890. The van der Waals surface area contributed by atoms with Gasteiger partial charge in [-0.05, 0) is 80.0 Å². The SMILES string of the molecule is CC(C)(C)OC(=O)CC(NCc1cccc(C(=O)OC(C)(C)C)c1)C(=O)OC(C)(C)C. The van der Waals surface area contributed by atoms with E-state index in [2.05, 4.69) is 5.32 Å². The molecule has 0 saturated heterocycles. The smallest absolute Gasteiger partial charge is 0.338 e. The minimum Gasteiger partial charge on any atom is -0.460 e. The van der Waals surface area contributed by atoms with Crippen molar-refractivity contribution in [2.24, 2.45) is 0 Å². The van der Waals surface area contributed by atoms with Crippen LogP contribution >= 0.6 is 0 Å². The van der Waals surface area contributed by atoms with Gasteiger partial charge in [0.15, 0.2) is 0 Å². The maximum absolute atomic E-state index is 12.6. The number of hydrogen-bond donors (Lipinski definition) is 1. The van der Waals surface area contributed by atoms with E-state index in [1.54, 1.807) is 80.5 Å². The number of benzene rings is 1. The predicted octanol–water partition coefficient (Wildman–Crippen LogP) is 4.17. The van der Waals surface area contributed by atoms with E-state index in [4.69, 9.17) is 14.2 Å². The molecule has 0 aliphatic heterocycles. The summed E-state index contributed by atoms with van der Waals surface area (Å²) >= 11 is 0. The van der Waals surface area contributed by atoms with Gasteiger partial charge in [-0.3, -0.25) is 14.9 Å². The Bertz CT molecular complexity index is 780. The lowest BCUT2D eigenvalue weighted by atomic mass is 10.1. The lowest BCUT2D eigenvalue weighted by Gasteiger charge is -2.26. The van der Waals surface area contributed by atoms with Crippen LogP contribution in [0.1, 0.15) is 84.7 Å². The lowest BCUT2D eigenvalue weighted by molar-refractivity contribution is -0.164. The van der Waals surface area contributed by atoms with Crippen molar-refractivity contribution in [3.8, 4) is 0 Å². The Morgan fingerprint density at radius 3 is 1.90 bits per heavy atom. The first kappa shape index (κ1) is 26.6. The molecule has 31 heavy (non-hydrogen) atoms. The molecular weight excluding hydrogens is 398 g/mol. The summed E-state index contributed by atoms with van der Waals surface area (Å²) in [6, 6.07) is 6.04. The Kier molecular flexibility index (Phi) is 8.82. The zero-order valence-electron chi connectivity index (χ0n) is 20.3. The van der Waals surface area contributed by atoms with Crippen molar-refractivity contribution in [3.05, 3.63) is 35.4 Å². The molecule has 0 saturated carbocycles. The molecule has 0 aliphatic rings. The third-order valence-electron chi connectivity index (χ3n) is 3.60.